The van der Waals surface area contributed by atoms with E-state index in [2.05, 4.69) is 70.4 Å². The normalized spacial score (nSPS) is 13.0. The van der Waals surface area contributed by atoms with Crippen LogP contribution < -0.4 is 10.2 Å². The highest BCUT2D eigenvalue weighted by Crippen LogP contribution is 2.26. The molecule has 4 nitrogen and oxygen atoms in total. The SMILES string of the molecule is CN(C)c1cccc(-n2ccc3c2NC=NC3)c1. The monoisotopic (exact) mass is 240 g/mol. The summed E-state index contributed by atoms with van der Waals surface area (Å²) in [7, 11) is 4.10. The Morgan fingerprint density at radius 3 is 3.00 bits per heavy atom. The lowest BCUT2D eigenvalue weighted by Gasteiger charge is -2.16. The molecule has 0 spiro atoms. The van der Waals surface area contributed by atoms with Crippen LogP contribution in [0.15, 0.2) is 41.5 Å². The summed E-state index contributed by atoms with van der Waals surface area (Å²) in [6.07, 6.45) is 3.84. The Bertz CT molecular complexity index is 596. The van der Waals surface area contributed by atoms with Gasteiger partial charge in [0.25, 0.3) is 0 Å². The fourth-order valence-electron chi connectivity index (χ4n) is 2.15. The summed E-state index contributed by atoms with van der Waals surface area (Å²) in [5.74, 6) is 1.11. The molecule has 2 aromatic rings. The minimum atomic E-state index is 0.753. The van der Waals surface area contributed by atoms with Crippen LogP contribution in [0.2, 0.25) is 0 Å². The van der Waals surface area contributed by atoms with Gasteiger partial charge in [-0.05, 0) is 24.3 Å². The number of fused-ring (bicyclic) bond motifs is 1. The summed E-state index contributed by atoms with van der Waals surface area (Å²) in [4.78, 5) is 6.32. The van der Waals surface area contributed by atoms with Crippen molar-refractivity contribution >= 4 is 17.8 Å². The second-order valence-electron chi connectivity index (χ2n) is 4.59. The zero-order valence-electron chi connectivity index (χ0n) is 10.6. The van der Waals surface area contributed by atoms with Crippen molar-refractivity contribution in [2.24, 2.45) is 4.99 Å². The number of nitrogens with one attached hydrogen (secondary N) is 1. The summed E-state index contributed by atoms with van der Waals surface area (Å²) >= 11 is 0. The summed E-state index contributed by atoms with van der Waals surface area (Å²) in [6, 6.07) is 10.6. The lowest BCUT2D eigenvalue weighted by Crippen LogP contribution is -2.10. The highest BCUT2D eigenvalue weighted by atomic mass is 15.1. The highest BCUT2D eigenvalue weighted by molar-refractivity contribution is 5.79. The van der Waals surface area contributed by atoms with Gasteiger partial charge in [-0.15, -0.1) is 0 Å². The molecule has 1 aromatic heterocycles. The van der Waals surface area contributed by atoms with Gasteiger partial charge >= 0.3 is 0 Å². The minimum Gasteiger partial charge on any atom is -0.378 e. The fraction of sp³-hybridized carbons (Fsp3) is 0.214. The van der Waals surface area contributed by atoms with Gasteiger partial charge in [0, 0.05) is 37.2 Å². The van der Waals surface area contributed by atoms with Crippen molar-refractivity contribution in [3.05, 3.63) is 42.1 Å². The van der Waals surface area contributed by atoms with Crippen LogP contribution in [0.1, 0.15) is 5.56 Å². The van der Waals surface area contributed by atoms with Gasteiger partial charge in [0.2, 0.25) is 0 Å². The molecule has 0 amide bonds. The number of anilines is 2. The van der Waals surface area contributed by atoms with Gasteiger partial charge in [0.1, 0.15) is 5.82 Å². The maximum absolute atomic E-state index is 4.21. The van der Waals surface area contributed by atoms with E-state index in [1.54, 1.807) is 6.34 Å². The molecule has 18 heavy (non-hydrogen) atoms. The molecule has 0 radical (unpaired) electrons. The third-order valence-electron chi connectivity index (χ3n) is 3.15. The lowest BCUT2D eigenvalue weighted by molar-refractivity contribution is 1.02. The van der Waals surface area contributed by atoms with E-state index in [4.69, 9.17) is 0 Å². The van der Waals surface area contributed by atoms with Crippen LogP contribution >= 0.6 is 0 Å². The second-order valence-corrected chi connectivity index (χ2v) is 4.59. The second kappa shape index (κ2) is 4.22. The van der Waals surface area contributed by atoms with Crippen molar-refractivity contribution in [1.82, 2.24) is 4.57 Å². The molecule has 0 bridgehead atoms. The van der Waals surface area contributed by atoms with Crippen LogP contribution in [0.3, 0.4) is 0 Å². The number of rotatable bonds is 2. The van der Waals surface area contributed by atoms with Crippen molar-refractivity contribution in [3.8, 4) is 5.69 Å². The van der Waals surface area contributed by atoms with E-state index in [0.29, 0.717) is 0 Å². The maximum atomic E-state index is 4.21. The summed E-state index contributed by atoms with van der Waals surface area (Å²) in [5, 5.41) is 3.22. The number of hydrogen-bond donors (Lipinski definition) is 1. The molecular weight excluding hydrogens is 224 g/mol. The zero-order chi connectivity index (χ0) is 12.5. The van der Waals surface area contributed by atoms with Gasteiger partial charge in [-0.25, -0.2) is 0 Å². The van der Waals surface area contributed by atoms with Crippen molar-refractivity contribution in [2.45, 2.75) is 6.54 Å². The van der Waals surface area contributed by atoms with Crippen LogP contribution in [0.25, 0.3) is 5.69 Å². The van der Waals surface area contributed by atoms with Crippen LogP contribution in [0, 0.1) is 0 Å². The van der Waals surface area contributed by atoms with Crippen LogP contribution in [0.5, 0.6) is 0 Å². The number of nitrogens with zero attached hydrogens (tertiary/aromatic N) is 3. The first-order valence-electron chi connectivity index (χ1n) is 5.98. The quantitative estimate of drug-likeness (QED) is 0.874. The van der Waals surface area contributed by atoms with Crippen LogP contribution in [-0.4, -0.2) is 25.0 Å². The van der Waals surface area contributed by atoms with E-state index in [1.807, 2.05) is 0 Å². The molecule has 0 fully saturated rings. The molecule has 1 aromatic carbocycles. The van der Waals surface area contributed by atoms with Crippen molar-refractivity contribution in [2.75, 3.05) is 24.3 Å². The molecule has 3 rings (SSSR count). The number of aromatic nitrogens is 1. The smallest absolute Gasteiger partial charge is 0.120 e. The van der Waals surface area contributed by atoms with Gasteiger partial charge in [0.05, 0.1) is 12.9 Å². The van der Waals surface area contributed by atoms with Gasteiger partial charge in [-0.2, -0.15) is 0 Å². The fourth-order valence-corrected chi connectivity index (χ4v) is 2.15. The Balaban J connectivity index is 2.05. The molecule has 0 unspecified atom stereocenters. The Morgan fingerprint density at radius 1 is 1.28 bits per heavy atom. The first kappa shape index (κ1) is 10.9. The van der Waals surface area contributed by atoms with Gasteiger partial charge < -0.3 is 14.8 Å². The number of benzene rings is 1. The van der Waals surface area contributed by atoms with E-state index in [-0.39, 0.29) is 0 Å². The van der Waals surface area contributed by atoms with E-state index >= 15 is 0 Å². The standard InChI is InChI=1S/C14H16N4/c1-17(2)12-4-3-5-13(8-12)18-7-6-11-9-15-10-16-14(11)18/h3-8,10H,9H2,1-2H3,(H,15,16). The summed E-state index contributed by atoms with van der Waals surface area (Å²) in [6.45, 7) is 0.753. The molecular formula is C14H16N4. The minimum absolute atomic E-state index is 0.753. The molecule has 1 aliphatic rings. The van der Waals surface area contributed by atoms with Crippen LogP contribution in [-0.2, 0) is 6.54 Å². The molecule has 0 saturated heterocycles. The summed E-state index contributed by atoms with van der Waals surface area (Å²) in [5.41, 5.74) is 3.58. The first-order chi connectivity index (χ1) is 8.75. The Kier molecular flexibility index (Phi) is 2.55. The third kappa shape index (κ3) is 1.76. The average molecular weight is 240 g/mol. The topological polar surface area (TPSA) is 32.6 Å². The van der Waals surface area contributed by atoms with E-state index in [0.717, 1.165) is 18.1 Å². The highest BCUT2D eigenvalue weighted by Gasteiger charge is 2.12. The number of hydrogen-bond acceptors (Lipinski definition) is 3. The molecule has 1 N–H and O–H groups in total. The zero-order valence-corrected chi connectivity index (χ0v) is 10.6. The summed E-state index contributed by atoms with van der Waals surface area (Å²) < 4.78 is 2.16. The van der Waals surface area contributed by atoms with Crippen molar-refractivity contribution < 1.29 is 0 Å². The maximum Gasteiger partial charge on any atom is 0.120 e. The van der Waals surface area contributed by atoms with Gasteiger partial charge in [-0.1, -0.05) is 6.07 Å². The number of aliphatic imine (C=N–C) groups is 1. The lowest BCUT2D eigenvalue weighted by atomic mass is 10.2. The average Bonchev–Trinajstić information content (AvgIpc) is 2.82. The predicted molar refractivity (Wildman–Crippen MR) is 75.9 cm³/mol. The molecule has 4 heteroatoms. The van der Waals surface area contributed by atoms with E-state index in [1.165, 1.54) is 11.3 Å². The van der Waals surface area contributed by atoms with E-state index in [9.17, 15) is 0 Å². The van der Waals surface area contributed by atoms with Gasteiger partial charge in [0.15, 0.2) is 0 Å². The molecule has 0 atom stereocenters. The molecule has 2 heterocycles. The largest absolute Gasteiger partial charge is 0.378 e. The van der Waals surface area contributed by atoms with Crippen LogP contribution in [0.4, 0.5) is 11.5 Å². The first-order valence-corrected chi connectivity index (χ1v) is 5.98. The van der Waals surface area contributed by atoms with Crippen molar-refractivity contribution in [1.29, 1.82) is 0 Å². The van der Waals surface area contributed by atoms with E-state index < -0.39 is 0 Å². The molecule has 0 saturated carbocycles. The van der Waals surface area contributed by atoms with Crippen molar-refractivity contribution in [3.63, 3.8) is 0 Å². The third-order valence-corrected chi connectivity index (χ3v) is 3.15. The van der Waals surface area contributed by atoms with Gasteiger partial charge in [-0.3, -0.25) is 4.99 Å². The Hall–Kier alpha value is -2.23. The molecule has 92 valence electrons. The Morgan fingerprint density at radius 2 is 2.17 bits per heavy atom. The Labute approximate surface area is 107 Å². The predicted octanol–water partition coefficient (Wildman–Crippen LogP) is 2.50. The molecule has 1 aliphatic heterocycles. The molecule has 0 aliphatic carbocycles.